The van der Waals surface area contributed by atoms with Gasteiger partial charge >= 0.3 is 6.18 Å². The van der Waals surface area contributed by atoms with Crippen molar-refractivity contribution in [2.75, 3.05) is 11.9 Å². The van der Waals surface area contributed by atoms with Gasteiger partial charge < -0.3 is 10.6 Å². The molecule has 2 atom stereocenters. The molecule has 1 fully saturated rings. The van der Waals surface area contributed by atoms with Crippen molar-refractivity contribution in [2.45, 2.75) is 44.6 Å². The van der Waals surface area contributed by atoms with Crippen LogP contribution in [0.5, 0.6) is 0 Å². The summed E-state index contributed by atoms with van der Waals surface area (Å²) in [6.07, 6.45) is -1.50. The molecule has 0 aromatic carbocycles. The van der Waals surface area contributed by atoms with Crippen molar-refractivity contribution in [2.24, 2.45) is 0 Å². The van der Waals surface area contributed by atoms with Crippen LogP contribution in [0.3, 0.4) is 0 Å². The highest BCUT2D eigenvalue weighted by Gasteiger charge is 2.30. The lowest BCUT2D eigenvalue weighted by atomic mass is 10.00. The van der Waals surface area contributed by atoms with Crippen molar-refractivity contribution < 1.29 is 13.2 Å². The monoisotopic (exact) mass is 324 g/mol. The fourth-order valence-electron chi connectivity index (χ4n) is 2.29. The Morgan fingerprint density at radius 2 is 2.29 bits per heavy atom. The Hall–Kier alpha value is -1.28. The number of halogens is 4. The summed E-state index contributed by atoms with van der Waals surface area (Å²) in [6.45, 7) is 1.45. The van der Waals surface area contributed by atoms with Gasteiger partial charge in [-0.3, -0.25) is 4.79 Å². The first-order chi connectivity index (χ1) is 9.78. The van der Waals surface area contributed by atoms with Gasteiger partial charge in [0, 0.05) is 12.1 Å². The van der Waals surface area contributed by atoms with Crippen molar-refractivity contribution in [1.82, 2.24) is 15.1 Å². The van der Waals surface area contributed by atoms with Gasteiger partial charge in [-0.1, -0.05) is 11.6 Å². The first kappa shape index (κ1) is 16.1. The Morgan fingerprint density at radius 3 is 2.90 bits per heavy atom. The molecule has 2 N–H and O–H groups in total. The smallest absolute Gasteiger partial charge is 0.378 e. The third-order valence-corrected chi connectivity index (χ3v) is 3.78. The minimum absolute atomic E-state index is 0.0518. The highest BCUT2D eigenvalue weighted by Crippen LogP contribution is 2.22. The highest BCUT2D eigenvalue weighted by atomic mass is 35.5. The predicted molar refractivity (Wildman–Crippen MR) is 73.7 cm³/mol. The van der Waals surface area contributed by atoms with E-state index in [2.05, 4.69) is 15.7 Å². The van der Waals surface area contributed by atoms with Gasteiger partial charge in [-0.05, 0) is 26.3 Å². The molecule has 1 saturated heterocycles. The molecule has 21 heavy (non-hydrogen) atoms. The summed E-state index contributed by atoms with van der Waals surface area (Å²) in [4.78, 5) is 11.8. The van der Waals surface area contributed by atoms with E-state index in [1.807, 2.05) is 6.92 Å². The van der Waals surface area contributed by atoms with Crippen LogP contribution < -0.4 is 16.2 Å². The lowest BCUT2D eigenvalue weighted by Gasteiger charge is -2.31. The molecule has 0 amide bonds. The Morgan fingerprint density at radius 1 is 1.57 bits per heavy atom. The fraction of sp³-hybridized carbons (Fsp3) is 0.667. The van der Waals surface area contributed by atoms with Crippen molar-refractivity contribution >= 4 is 17.3 Å². The molecule has 0 aliphatic carbocycles. The number of hydrogen-bond donors (Lipinski definition) is 2. The number of hydrogen-bond acceptors (Lipinski definition) is 4. The number of aromatic nitrogens is 2. The van der Waals surface area contributed by atoms with Crippen LogP contribution in [-0.2, 0) is 6.54 Å². The lowest BCUT2D eigenvalue weighted by molar-refractivity contribution is -0.143. The van der Waals surface area contributed by atoms with Gasteiger partial charge in [0.1, 0.15) is 11.6 Å². The molecular weight excluding hydrogens is 309 g/mol. The third kappa shape index (κ3) is 4.10. The highest BCUT2D eigenvalue weighted by molar-refractivity contribution is 6.32. The van der Waals surface area contributed by atoms with Crippen LogP contribution in [-0.4, -0.2) is 34.6 Å². The van der Waals surface area contributed by atoms with Gasteiger partial charge in [-0.15, -0.1) is 0 Å². The van der Waals surface area contributed by atoms with Gasteiger partial charge in [0.25, 0.3) is 5.56 Å². The average molecular weight is 325 g/mol. The maximum absolute atomic E-state index is 12.3. The Bertz CT molecular complexity index is 560. The van der Waals surface area contributed by atoms with E-state index in [-0.39, 0.29) is 22.8 Å². The summed E-state index contributed by atoms with van der Waals surface area (Å²) >= 11 is 5.87. The largest absolute Gasteiger partial charge is 0.408 e. The van der Waals surface area contributed by atoms with Crippen molar-refractivity contribution in [3.63, 3.8) is 0 Å². The van der Waals surface area contributed by atoms with Crippen molar-refractivity contribution in [1.29, 1.82) is 0 Å². The Labute approximate surface area is 124 Å². The summed E-state index contributed by atoms with van der Waals surface area (Å²) < 4.78 is 37.2. The zero-order valence-corrected chi connectivity index (χ0v) is 12.1. The number of rotatable bonds is 3. The quantitative estimate of drug-likeness (QED) is 0.893. The summed E-state index contributed by atoms with van der Waals surface area (Å²) in [6, 6.07) is 0.225. The van der Waals surface area contributed by atoms with Crippen LogP contribution in [0, 0.1) is 0 Å². The number of nitrogens with one attached hydrogen (secondary N) is 2. The summed E-state index contributed by atoms with van der Waals surface area (Å²) in [5.41, 5.74) is -0.684. The van der Waals surface area contributed by atoms with Crippen LogP contribution in [0.1, 0.15) is 19.8 Å². The van der Waals surface area contributed by atoms with Gasteiger partial charge in [0.2, 0.25) is 0 Å². The molecule has 1 aliphatic heterocycles. The molecule has 118 valence electrons. The summed E-state index contributed by atoms with van der Waals surface area (Å²) in [5.74, 6) is 0. The first-order valence-corrected chi connectivity index (χ1v) is 6.98. The normalized spacial score (nSPS) is 23.1. The molecule has 0 spiro atoms. The fourth-order valence-corrected chi connectivity index (χ4v) is 2.49. The third-order valence-electron chi connectivity index (χ3n) is 3.42. The lowest BCUT2D eigenvalue weighted by Crippen LogP contribution is -2.46. The molecule has 0 saturated carbocycles. The molecule has 0 bridgehead atoms. The van der Waals surface area contributed by atoms with E-state index in [1.165, 1.54) is 0 Å². The molecule has 2 rings (SSSR count). The molecule has 2 unspecified atom stereocenters. The second-order valence-electron chi connectivity index (χ2n) is 5.09. The van der Waals surface area contributed by atoms with Crippen LogP contribution >= 0.6 is 11.6 Å². The minimum atomic E-state index is -4.52. The molecule has 0 radical (unpaired) electrons. The van der Waals surface area contributed by atoms with Gasteiger partial charge in [0.05, 0.1) is 11.9 Å². The maximum Gasteiger partial charge on any atom is 0.408 e. The molecule has 1 aromatic rings. The summed E-state index contributed by atoms with van der Waals surface area (Å²) in [7, 11) is 0. The van der Waals surface area contributed by atoms with E-state index < -0.39 is 18.3 Å². The van der Waals surface area contributed by atoms with Crippen LogP contribution in [0.25, 0.3) is 0 Å². The predicted octanol–water partition coefficient (Wildman–Crippen LogP) is 2.01. The number of piperidine rings is 1. The van der Waals surface area contributed by atoms with Crippen LogP contribution in [0.4, 0.5) is 18.9 Å². The van der Waals surface area contributed by atoms with Gasteiger partial charge in [0.15, 0.2) is 0 Å². The molecule has 2 heterocycles. The molecule has 9 heteroatoms. The first-order valence-electron chi connectivity index (χ1n) is 6.60. The van der Waals surface area contributed by atoms with E-state index >= 15 is 0 Å². The molecule has 1 aromatic heterocycles. The van der Waals surface area contributed by atoms with E-state index in [0.717, 1.165) is 25.6 Å². The minimum Gasteiger partial charge on any atom is -0.378 e. The standard InChI is InChI=1S/C12H16ClF3N4O/c1-7-8(3-2-4-17-7)19-9-5-18-20(6-12(14,15)16)11(21)10(9)13/h5,7-8,17,19H,2-4,6H2,1H3. The number of nitrogens with zero attached hydrogens (tertiary/aromatic N) is 2. The topological polar surface area (TPSA) is 59.0 Å². The SMILES string of the molecule is CC1NCCCC1Nc1cnn(CC(F)(F)F)c(=O)c1Cl. The Kier molecular flexibility index (Phi) is 4.77. The molecular formula is C12H16ClF3N4O. The van der Waals surface area contributed by atoms with Crippen LogP contribution in [0.2, 0.25) is 5.02 Å². The second-order valence-corrected chi connectivity index (χ2v) is 5.46. The second kappa shape index (κ2) is 6.23. The van der Waals surface area contributed by atoms with E-state index in [4.69, 9.17) is 11.6 Å². The average Bonchev–Trinajstić information content (AvgIpc) is 2.39. The Balaban J connectivity index is 2.18. The van der Waals surface area contributed by atoms with E-state index in [0.29, 0.717) is 4.68 Å². The van der Waals surface area contributed by atoms with E-state index in [9.17, 15) is 18.0 Å². The molecule has 1 aliphatic rings. The van der Waals surface area contributed by atoms with E-state index in [1.54, 1.807) is 0 Å². The van der Waals surface area contributed by atoms with Crippen molar-refractivity contribution in [3.8, 4) is 0 Å². The maximum atomic E-state index is 12.3. The zero-order valence-electron chi connectivity index (χ0n) is 11.4. The molecule has 5 nitrogen and oxygen atoms in total. The van der Waals surface area contributed by atoms with Gasteiger partial charge in [-0.2, -0.15) is 18.3 Å². The van der Waals surface area contributed by atoms with Gasteiger partial charge in [-0.25, -0.2) is 4.68 Å². The number of anilines is 1. The van der Waals surface area contributed by atoms with Crippen molar-refractivity contribution in [3.05, 3.63) is 21.6 Å². The van der Waals surface area contributed by atoms with Crippen LogP contribution in [0.15, 0.2) is 11.0 Å². The number of alkyl halides is 3. The summed E-state index contributed by atoms with van der Waals surface area (Å²) in [5, 5.41) is 9.61. The zero-order chi connectivity index (χ0) is 15.6.